The van der Waals surface area contributed by atoms with Crippen molar-refractivity contribution in [3.8, 4) is 0 Å². The van der Waals surface area contributed by atoms with Gasteiger partial charge in [-0.3, -0.25) is 0 Å². The average molecular weight is 262 g/mol. The predicted octanol–water partition coefficient (Wildman–Crippen LogP) is 3.98. The molecule has 0 heterocycles. The number of hydrogen-bond acceptors (Lipinski definition) is 2. The summed E-state index contributed by atoms with van der Waals surface area (Å²) in [6.45, 7) is 16.5. The van der Waals surface area contributed by atoms with E-state index in [0.717, 1.165) is 19.6 Å². The molecule has 0 atom stereocenters. The Morgan fingerprint density at radius 2 is 1.84 bits per heavy atom. The molecule has 0 bridgehead atoms. The molecule has 2 nitrogen and oxygen atoms in total. The Labute approximate surface area is 119 Å². The Balaban J connectivity index is 2.90. The molecule has 0 aliphatic rings. The first-order chi connectivity index (χ1) is 8.95. The van der Waals surface area contributed by atoms with Crippen molar-refractivity contribution in [1.29, 1.82) is 0 Å². The van der Waals surface area contributed by atoms with E-state index >= 15 is 0 Å². The van der Waals surface area contributed by atoms with Crippen LogP contribution in [-0.4, -0.2) is 19.1 Å². The zero-order chi connectivity index (χ0) is 14.4. The Morgan fingerprint density at radius 3 is 2.37 bits per heavy atom. The molecule has 0 radical (unpaired) electrons. The van der Waals surface area contributed by atoms with Crippen LogP contribution in [0, 0.1) is 12.8 Å². The third-order valence-corrected chi connectivity index (χ3v) is 3.38. The molecule has 0 fully saturated rings. The van der Waals surface area contributed by atoms with Crippen molar-refractivity contribution >= 4 is 5.69 Å². The summed E-state index contributed by atoms with van der Waals surface area (Å²) in [5, 5.41) is 3.56. The lowest BCUT2D eigenvalue weighted by Gasteiger charge is -2.30. The van der Waals surface area contributed by atoms with Crippen LogP contribution in [0.3, 0.4) is 0 Å². The molecular formula is C17H30N2. The van der Waals surface area contributed by atoms with Gasteiger partial charge in [-0.2, -0.15) is 0 Å². The second-order valence-corrected chi connectivity index (χ2v) is 6.04. The lowest BCUT2D eigenvalue weighted by molar-refractivity contribution is 0.551. The van der Waals surface area contributed by atoms with E-state index in [1.807, 2.05) is 0 Å². The van der Waals surface area contributed by atoms with Crippen LogP contribution in [0.15, 0.2) is 18.2 Å². The van der Waals surface area contributed by atoms with Crippen LogP contribution in [0.4, 0.5) is 5.69 Å². The minimum Gasteiger partial charge on any atom is -0.369 e. The third kappa shape index (κ3) is 4.87. The monoisotopic (exact) mass is 262 g/mol. The molecule has 0 saturated heterocycles. The van der Waals surface area contributed by atoms with Crippen molar-refractivity contribution in [2.75, 3.05) is 18.0 Å². The van der Waals surface area contributed by atoms with Crippen molar-refractivity contribution in [3.05, 3.63) is 29.3 Å². The molecule has 0 aliphatic heterocycles. The fourth-order valence-electron chi connectivity index (χ4n) is 2.45. The molecule has 1 aromatic carbocycles. The van der Waals surface area contributed by atoms with E-state index in [1.165, 1.54) is 16.8 Å². The normalized spacial score (nSPS) is 11.4. The van der Waals surface area contributed by atoms with Gasteiger partial charge in [0.15, 0.2) is 0 Å². The summed E-state index contributed by atoms with van der Waals surface area (Å²) in [4.78, 5) is 2.46. The first kappa shape index (κ1) is 16.0. The van der Waals surface area contributed by atoms with Gasteiger partial charge in [0.1, 0.15) is 0 Å². The molecule has 0 unspecified atom stereocenters. The van der Waals surface area contributed by atoms with Gasteiger partial charge in [-0.15, -0.1) is 0 Å². The smallest absolute Gasteiger partial charge is 0.0414 e. The second-order valence-electron chi connectivity index (χ2n) is 6.04. The third-order valence-electron chi connectivity index (χ3n) is 3.38. The largest absolute Gasteiger partial charge is 0.369 e. The zero-order valence-corrected chi connectivity index (χ0v) is 13.5. The summed E-state index contributed by atoms with van der Waals surface area (Å²) in [7, 11) is 0. The van der Waals surface area contributed by atoms with Gasteiger partial charge >= 0.3 is 0 Å². The van der Waals surface area contributed by atoms with Gasteiger partial charge in [-0.05, 0) is 51.8 Å². The van der Waals surface area contributed by atoms with Crippen LogP contribution < -0.4 is 10.2 Å². The highest BCUT2D eigenvalue weighted by atomic mass is 15.1. The predicted molar refractivity (Wildman–Crippen MR) is 85.9 cm³/mol. The van der Waals surface area contributed by atoms with E-state index in [-0.39, 0.29) is 0 Å². The minimum absolute atomic E-state index is 0.538. The van der Waals surface area contributed by atoms with E-state index in [0.29, 0.717) is 12.0 Å². The van der Waals surface area contributed by atoms with Crippen molar-refractivity contribution in [2.45, 2.75) is 54.1 Å². The number of nitrogens with zero attached hydrogens (tertiary/aromatic N) is 1. The molecular weight excluding hydrogens is 232 g/mol. The lowest BCUT2D eigenvalue weighted by atomic mass is 10.1. The minimum atomic E-state index is 0.538. The highest BCUT2D eigenvalue weighted by Crippen LogP contribution is 2.23. The van der Waals surface area contributed by atoms with Crippen LogP contribution in [0.1, 0.15) is 45.7 Å². The fraction of sp³-hybridized carbons (Fsp3) is 0.647. The molecule has 0 saturated carbocycles. The van der Waals surface area contributed by atoms with Crippen LogP contribution in [0.5, 0.6) is 0 Å². The van der Waals surface area contributed by atoms with Crippen LogP contribution >= 0.6 is 0 Å². The Kier molecular flexibility index (Phi) is 6.36. The summed E-state index contributed by atoms with van der Waals surface area (Å²) in [5.41, 5.74) is 4.13. The standard InChI is InChI=1S/C17H30N2/c1-7-19(14(4)5)17-9-8-15(6)10-16(17)12-18-11-13(2)3/h8-10,13-14,18H,7,11-12H2,1-6H3. The first-order valence-corrected chi connectivity index (χ1v) is 7.52. The van der Waals surface area contributed by atoms with Crippen molar-refractivity contribution < 1.29 is 0 Å². The molecule has 0 aromatic heterocycles. The fourth-order valence-corrected chi connectivity index (χ4v) is 2.45. The molecule has 1 aromatic rings. The molecule has 19 heavy (non-hydrogen) atoms. The maximum Gasteiger partial charge on any atom is 0.0414 e. The molecule has 2 heteroatoms. The summed E-state index contributed by atoms with van der Waals surface area (Å²) < 4.78 is 0. The topological polar surface area (TPSA) is 15.3 Å². The maximum absolute atomic E-state index is 3.56. The number of rotatable bonds is 7. The van der Waals surface area contributed by atoms with E-state index in [4.69, 9.17) is 0 Å². The highest BCUT2D eigenvalue weighted by molar-refractivity contribution is 5.55. The van der Waals surface area contributed by atoms with Crippen molar-refractivity contribution in [1.82, 2.24) is 5.32 Å². The van der Waals surface area contributed by atoms with Gasteiger partial charge in [0.05, 0.1) is 0 Å². The van der Waals surface area contributed by atoms with Crippen molar-refractivity contribution in [2.24, 2.45) is 5.92 Å². The average Bonchev–Trinajstić information content (AvgIpc) is 2.31. The highest BCUT2D eigenvalue weighted by Gasteiger charge is 2.12. The molecule has 0 amide bonds. The Bertz CT molecular complexity index is 383. The maximum atomic E-state index is 3.56. The van der Waals surface area contributed by atoms with Gasteiger partial charge in [-0.25, -0.2) is 0 Å². The molecule has 108 valence electrons. The van der Waals surface area contributed by atoms with Gasteiger partial charge in [0, 0.05) is 24.8 Å². The van der Waals surface area contributed by atoms with Gasteiger partial charge < -0.3 is 10.2 Å². The summed E-state index contributed by atoms with van der Waals surface area (Å²) >= 11 is 0. The Morgan fingerprint density at radius 1 is 1.16 bits per heavy atom. The molecule has 0 spiro atoms. The SMILES string of the molecule is CCN(c1ccc(C)cc1CNCC(C)C)C(C)C. The Hall–Kier alpha value is -1.02. The summed E-state index contributed by atoms with van der Waals surface area (Å²) in [6, 6.07) is 7.34. The summed E-state index contributed by atoms with van der Waals surface area (Å²) in [5.74, 6) is 0.695. The van der Waals surface area contributed by atoms with Crippen LogP contribution in [0.25, 0.3) is 0 Å². The number of nitrogens with one attached hydrogen (secondary N) is 1. The number of benzene rings is 1. The van der Waals surface area contributed by atoms with E-state index in [2.05, 4.69) is 70.0 Å². The number of aryl methyl sites for hydroxylation is 1. The lowest BCUT2D eigenvalue weighted by Crippen LogP contribution is -2.32. The summed E-state index contributed by atoms with van der Waals surface area (Å²) in [6.07, 6.45) is 0. The molecule has 1 N–H and O–H groups in total. The quantitative estimate of drug-likeness (QED) is 0.799. The van der Waals surface area contributed by atoms with Gasteiger partial charge in [-0.1, -0.05) is 31.5 Å². The van der Waals surface area contributed by atoms with Gasteiger partial charge in [0.25, 0.3) is 0 Å². The van der Waals surface area contributed by atoms with E-state index in [9.17, 15) is 0 Å². The van der Waals surface area contributed by atoms with Gasteiger partial charge in [0.2, 0.25) is 0 Å². The number of anilines is 1. The van der Waals surface area contributed by atoms with Crippen molar-refractivity contribution in [3.63, 3.8) is 0 Å². The van der Waals surface area contributed by atoms with Crippen LogP contribution in [0.2, 0.25) is 0 Å². The second kappa shape index (κ2) is 7.54. The molecule has 0 aliphatic carbocycles. The zero-order valence-electron chi connectivity index (χ0n) is 13.5. The molecule has 1 rings (SSSR count). The first-order valence-electron chi connectivity index (χ1n) is 7.52. The number of hydrogen-bond donors (Lipinski definition) is 1. The van der Waals surface area contributed by atoms with E-state index in [1.54, 1.807) is 0 Å². The van der Waals surface area contributed by atoms with E-state index < -0.39 is 0 Å². The van der Waals surface area contributed by atoms with Crippen LogP contribution in [-0.2, 0) is 6.54 Å².